The van der Waals surface area contributed by atoms with Crippen molar-refractivity contribution in [3.05, 3.63) is 162 Å². The summed E-state index contributed by atoms with van der Waals surface area (Å²) in [5.74, 6) is 0. The van der Waals surface area contributed by atoms with Gasteiger partial charge in [0.1, 0.15) is 11.2 Å². The topological polar surface area (TPSA) is 21.3 Å². The molecule has 0 unspecified atom stereocenters. The number of nitrogens with zero attached hydrogens (tertiary/aromatic N) is 2. The molecule has 11 aromatic rings. The van der Waals surface area contributed by atoms with Gasteiger partial charge in [0.25, 0.3) is 0 Å². The minimum atomic E-state index is -0.122. The standard InChI is InChI=1S/C55H39BN2OS/c1-54(2,3)30-18-20-31(21-19-30)58-46-29-51-41(34-14-8-11-17-50(34)60-51)25-38(46)35-22-23-36-39-24-37-32-12-6-9-15-42(32)55(4,5)43(37)27-45(39)57-47-28-49-40(33-13-7-10-16-48(33)59-49)26-44(47)56(58)52(35)53(36)57/h6-29H,1-5H3. The maximum absolute atomic E-state index is 6.71. The Bertz CT molecular complexity index is 3740. The number of benzene rings is 8. The zero-order valence-electron chi connectivity index (χ0n) is 34.1. The minimum absolute atomic E-state index is 0.0437. The van der Waals surface area contributed by atoms with Crippen LogP contribution in [0.1, 0.15) is 51.3 Å². The van der Waals surface area contributed by atoms with E-state index in [-0.39, 0.29) is 17.7 Å². The predicted octanol–water partition coefficient (Wildman–Crippen LogP) is 13.9. The van der Waals surface area contributed by atoms with E-state index in [0.717, 1.165) is 21.9 Å². The van der Waals surface area contributed by atoms with Crippen molar-refractivity contribution >= 4 is 104 Å². The van der Waals surface area contributed by atoms with Gasteiger partial charge in [-0.1, -0.05) is 126 Å². The molecule has 14 rings (SSSR count). The van der Waals surface area contributed by atoms with Crippen LogP contribution in [0.25, 0.3) is 91.9 Å². The monoisotopic (exact) mass is 786 g/mol. The maximum Gasteiger partial charge on any atom is 0.333 e. The second-order valence-electron chi connectivity index (χ2n) is 18.9. The molecule has 0 bridgehead atoms. The number of fused-ring (bicyclic) bond motifs is 17. The molecule has 0 fully saturated rings. The number of aromatic nitrogens is 1. The number of hydrogen-bond acceptors (Lipinski definition) is 3. The van der Waals surface area contributed by atoms with Gasteiger partial charge in [0.15, 0.2) is 0 Å². The van der Waals surface area contributed by atoms with Gasteiger partial charge >= 0.3 is 6.85 Å². The lowest BCUT2D eigenvalue weighted by Gasteiger charge is -2.42. The Labute approximate surface area is 352 Å². The number of rotatable bonds is 1. The highest BCUT2D eigenvalue weighted by Crippen LogP contribution is 2.53. The highest BCUT2D eigenvalue weighted by atomic mass is 32.1. The molecule has 0 saturated heterocycles. The SMILES string of the molecule is CC(C)(C)c1ccc(N2B3c4cc5c(cc4-n4c6cc7c(cc6c6ccc(c3c64)-c3cc4c(cc32)sc2ccccc24)-c2ccccc2C7(C)C)oc2ccccc25)cc1. The molecule has 5 heteroatoms. The van der Waals surface area contributed by atoms with E-state index in [1.54, 1.807) is 0 Å². The lowest BCUT2D eigenvalue weighted by molar-refractivity contribution is 0.590. The van der Waals surface area contributed by atoms with Crippen LogP contribution in [-0.4, -0.2) is 11.4 Å². The Morgan fingerprint density at radius 2 is 1.32 bits per heavy atom. The molecule has 3 nitrogen and oxygen atoms in total. The van der Waals surface area contributed by atoms with Gasteiger partial charge < -0.3 is 13.8 Å². The summed E-state index contributed by atoms with van der Waals surface area (Å²) in [5.41, 5.74) is 20.0. The number of hydrogen-bond donors (Lipinski definition) is 0. The third kappa shape index (κ3) is 4.07. The van der Waals surface area contributed by atoms with Crippen molar-refractivity contribution in [3.63, 3.8) is 0 Å². The molecular weight excluding hydrogens is 747 g/mol. The number of anilines is 2. The molecule has 60 heavy (non-hydrogen) atoms. The highest BCUT2D eigenvalue weighted by Gasteiger charge is 2.45. The first-order chi connectivity index (χ1) is 29.1. The van der Waals surface area contributed by atoms with E-state index in [0.29, 0.717) is 0 Å². The molecule has 3 aromatic heterocycles. The van der Waals surface area contributed by atoms with E-state index in [4.69, 9.17) is 4.42 Å². The Morgan fingerprint density at radius 3 is 2.17 bits per heavy atom. The smallest absolute Gasteiger partial charge is 0.333 e. The van der Waals surface area contributed by atoms with Gasteiger partial charge in [-0.3, -0.25) is 0 Å². The molecule has 3 aliphatic rings. The normalized spacial score (nSPS) is 14.8. The average Bonchev–Trinajstić information content (AvgIpc) is 3.97. The van der Waals surface area contributed by atoms with Crippen LogP contribution >= 0.6 is 11.3 Å². The van der Waals surface area contributed by atoms with E-state index in [1.807, 2.05) is 11.3 Å². The van der Waals surface area contributed by atoms with Crippen molar-refractivity contribution in [1.29, 1.82) is 0 Å². The summed E-state index contributed by atoms with van der Waals surface area (Å²) in [6.07, 6.45) is 0. The van der Waals surface area contributed by atoms with E-state index in [2.05, 4.69) is 190 Å². The van der Waals surface area contributed by atoms with Crippen molar-refractivity contribution in [1.82, 2.24) is 4.57 Å². The molecule has 0 N–H and O–H groups in total. The van der Waals surface area contributed by atoms with Crippen molar-refractivity contribution < 1.29 is 4.42 Å². The second kappa shape index (κ2) is 11.0. The zero-order valence-corrected chi connectivity index (χ0v) is 35.0. The van der Waals surface area contributed by atoms with Crippen molar-refractivity contribution in [2.75, 3.05) is 4.81 Å². The first kappa shape index (κ1) is 33.3. The Hall–Kier alpha value is -6.56. The molecule has 0 saturated carbocycles. The first-order valence-corrected chi connectivity index (χ1v) is 22.0. The van der Waals surface area contributed by atoms with Gasteiger partial charge in [-0.15, -0.1) is 11.3 Å². The Kier molecular flexibility index (Phi) is 6.09. The molecule has 284 valence electrons. The van der Waals surface area contributed by atoms with Gasteiger partial charge in [0.05, 0.1) is 11.0 Å². The molecule has 5 heterocycles. The number of furan rings is 1. The van der Waals surface area contributed by atoms with E-state index < -0.39 is 0 Å². The van der Waals surface area contributed by atoms with Crippen LogP contribution in [0.4, 0.5) is 11.4 Å². The fourth-order valence-corrected chi connectivity index (χ4v) is 12.5. The third-order valence-corrected chi connectivity index (χ3v) is 15.5. The zero-order chi connectivity index (χ0) is 40.0. The van der Waals surface area contributed by atoms with Gasteiger partial charge in [-0.2, -0.15) is 0 Å². The first-order valence-electron chi connectivity index (χ1n) is 21.2. The molecular formula is C55H39BN2OS. The average molecular weight is 787 g/mol. The Balaban J connectivity index is 1.16. The largest absolute Gasteiger partial charge is 0.456 e. The minimum Gasteiger partial charge on any atom is -0.456 e. The van der Waals surface area contributed by atoms with Crippen molar-refractivity contribution in [2.45, 2.75) is 45.4 Å². The fourth-order valence-electron chi connectivity index (χ4n) is 11.4. The predicted molar refractivity (Wildman–Crippen MR) is 256 cm³/mol. The van der Waals surface area contributed by atoms with Crippen LogP contribution in [0, 0.1) is 0 Å². The summed E-state index contributed by atoms with van der Waals surface area (Å²) < 4.78 is 12.0. The molecule has 8 aromatic carbocycles. The summed E-state index contributed by atoms with van der Waals surface area (Å²) in [7, 11) is 0. The van der Waals surface area contributed by atoms with Crippen LogP contribution in [0.2, 0.25) is 0 Å². The van der Waals surface area contributed by atoms with Gasteiger partial charge in [0, 0.05) is 75.8 Å². The molecule has 0 spiro atoms. The van der Waals surface area contributed by atoms with Crippen LogP contribution in [-0.2, 0) is 10.8 Å². The van der Waals surface area contributed by atoms with Gasteiger partial charge in [0.2, 0.25) is 0 Å². The summed E-state index contributed by atoms with van der Waals surface area (Å²) in [6.45, 7) is 11.6. The quantitative estimate of drug-likeness (QED) is 0.155. The molecule has 0 amide bonds. The van der Waals surface area contributed by atoms with Crippen LogP contribution in [0.15, 0.2) is 150 Å². The Morgan fingerprint density at radius 1 is 0.550 bits per heavy atom. The molecule has 0 radical (unpaired) electrons. The third-order valence-electron chi connectivity index (χ3n) is 14.3. The summed E-state index contributed by atoms with van der Waals surface area (Å²) in [6, 6.07) is 55.5. The summed E-state index contributed by atoms with van der Waals surface area (Å²) in [4.78, 5) is 2.67. The van der Waals surface area contributed by atoms with Crippen LogP contribution < -0.4 is 15.7 Å². The lowest BCUT2D eigenvalue weighted by atomic mass is 9.44. The fraction of sp³-hybridized carbons (Fsp3) is 0.127. The van der Waals surface area contributed by atoms with Gasteiger partial charge in [-0.25, -0.2) is 0 Å². The molecule has 0 atom stereocenters. The maximum atomic E-state index is 6.71. The van der Waals surface area contributed by atoms with E-state index in [1.165, 1.54) is 109 Å². The van der Waals surface area contributed by atoms with Crippen molar-refractivity contribution in [2.24, 2.45) is 0 Å². The summed E-state index contributed by atoms with van der Waals surface area (Å²) in [5, 5.41) is 7.54. The summed E-state index contributed by atoms with van der Waals surface area (Å²) >= 11 is 1.90. The van der Waals surface area contributed by atoms with Crippen LogP contribution in [0.5, 0.6) is 0 Å². The number of para-hydroxylation sites is 1. The highest BCUT2D eigenvalue weighted by molar-refractivity contribution is 7.25. The van der Waals surface area contributed by atoms with E-state index in [9.17, 15) is 0 Å². The van der Waals surface area contributed by atoms with Gasteiger partial charge in [-0.05, 0) is 98.3 Å². The van der Waals surface area contributed by atoms with Crippen molar-refractivity contribution in [3.8, 4) is 27.9 Å². The lowest BCUT2D eigenvalue weighted by Crippen LogP contribution is -2.60. The number of thiophene rings is 1. The second-order valence-corrected chi connectivity index (χ2v) is 20.0. The molecule has 2 aliphatic heterocycles. The molecule has 1 aliphatic carbocycles. The van der Waals surface area contributed by atoms with Crippen LogP contribution in [0.3, 0.4) is 0 Å². The van der Waals surface area contributed by atoms with E-state index >= 15 is 0 Å².